The van der Waals surface area contributed by atoms with Crippen molar-refractivity contribution in [1.82, 2.24) is 20.5 Å². The quantitative estimate of drug-likeness (QED) is 0.822. The Bertz CT molecular complexity index is 577. The summed E-state index contributed by atoms with van der Waals surface area (Å²) in [5, 5.41) is 8.15. The number of hydrogen-bond donors (Lipinski definition) is 2. The number of alkyl halides is 3. The summed E-state index contributed by atoms with van der Waals surface area (Å²) in [7, 11) is 0. The molecule has 1 fully saturated rings. The zero-order chi connectivity index (χ0) is 18.7. The van der Waals surface area contributed by atoms with E-state index in [1.54, 1.807) is 5.38 Å². The van der Waals surface area contributed by atoms with E-state index in [9.17, 15) is 18.0 Å². The van der Waals surface area contributed by atoms with E-state index in [1.807, 2.05) is 20.8 Å². The standard InChI is InChI=1S/C16H25F3N4OS/c1-15(2,3)14-22-11(10-25-14)8-13(24)21-9-12(16(17,18)19)23-6-4-20-5-7-23/h10,12,20H,4-9H2,1-3H3,(H,21,24). The van der Waals surface area contributed by atoms with Crippen molar-refractivity contribution in [3.05, 3.63) is 16.1 Å². The number of nitrogens with zero attached hydrogens (tertiary/aromatic N) is 2. The minimum absolute atomic E-state index is 0.00128. The van der Waals surface area contributed by atoms with E-state index in [-0.39, 0.29) is 11.8 Å². The van der Waals surface area contributed by atoms with Gasteiger partial charge in [-0.2, -0.15) is 13.2 Å². The number of halogens is 3. The Labute approximate surface area is 150 Å². The zero-order valence-corrected chi connectivity index (χ0v) is 15.6. The fourth-order valence-electron chi connectivity index (χ4n) is 2.62. The van der Waals surface area contributed by atoms with Crippen LogP contribution in [0.3, 0.4) is 0 Å². The summed E-state index contributed by atoms with van der Waals surface area (Å²) in [6.45, 7) is 7.33. The van der Waals surface area contributed by atoms with E-state index in [0.717, 1.165) is 5.01 Å². The minimum Gasteiger partial charge on any atom is -0.354 e. The number of carbonyl (C=O) groups excluding carboxylic acids is 1. The predicted octanol–water partition coefficient (Wildman–Crippen LogP) is 1.94. The van der Waals surface area contributed by atoms with Gasteiger partial charge in [-0.15, -0.1) is 11.3 Å². The normalized spacial score (nSPS) is 18.2. The molecule has 142 valence electrons. The van der Waals surface area contributed by atoms with Crippen molar-refractivity contribution in [3.8, 4) is 0 Å². The molecule has 1 amide bonds. The van der Waals surface area contributed by atoms with Crippen LogP contribution in [0.25, 0.3) is 0 Å². The van der Waals surface area contributed by atoms with Gasteiger partial charge in [0.2, 0.25) is 5.91 Å². The molecule has 1 aromatic heterocycles. The van der Waals surface area contributed by atoms with Crippen LogP contribution >= 0.6 is 11.3 Å². The van der Waals surface area contributed by atoms with Crippen molar-refractivity contribution < 1.29 is 18.0 Å². The van der Waals surface area contributed by atoms with Crippen LogP contribution in [0.4, 0.5) is 13.2 Å². The predicted molar refractivity (Wildman–Crippen MR) is 91.8 cm³/mol. The van der Waals surface area contributed by atoms with Crippen LogP contribution < -0.4 is 10.6 Å². The number of nitrogens with one attached hydrogen (secondary N) is 2. The number of hydrogen-bond acceptors (Lipinski definition) is 5. The third kappa shape index (κ3) is 5.93. The molecule has 0 bridgehead atoms. The second-order valence-corrected chi connectivity index (χ2v) is 8.08. The maximum absolute atomic E-state index is 13.3. The van der Waals surface area contributed by atoms with Crippen LogP contribution in [-0.2, 0) is 16.6 Å². The van der Waals surface area contributed by atoms with Crippen molar-refractivity contribution in [3.63, 3.8) is 0 Å². The Balaban J connectivity index is 1.91. The van der Waals surface area contributed by atoms with Gasteiger partial charge >= 0.3 is 6.18 Å². The minimum atomic E-state index is -4.37. The molecule has 0 aromatic carbocycles. The third-order valence-corrected chi connectivity index (χ3v) is 5.31. The molecule has 25 heavy (non-hydrogen) atoms. The largest absolute Gasteiger partial charge is 0.405 e. The van der Waals surface area contributed by atoms with Crippen molar-refractivity contribution in [1.29, 1.82) is 0 Å². The van der Waals surface area contributed by atoms with E-state index in [1.165, 1.54) is 16.2 Å². The summed E-state index contributed by atoms with van der Waals surface area (Å²) in [4.78, 5) is 17.8. The van der Waals surface area contributed by atoms with Gasteiger partial charge in [0.15, 0.2) is 0 Å². The molecule has 0 aliphatic carbocycles. The number of aromatic nitrogens is 1. The molecule has 1 unspecified atom stereocenters. The third-order valence-electron chi connectivity index (χ3n) is 4.00. The maximum Gasteiger partial charge on any atom is 0.405 e. The van der Waals surface area contributed by atoms with Gasteiger partial charge < -0.3 is 10.6 Å². The summed E-state index contributed by atoms with van der Waals surface area (Å²) < 4.78 is 39.9. The number of carbonyl (C=O) groups is 1. The Morgan fingerprint density at radius 2 is 2.00 bits per heavy atom. The van der Waals surface area contributed by atoms with Gasteiger partial charge in [-0.25, -0.2) is 4.98 Å². The van der Waals surface area contributed by atoms with Gasteiger partial charge in [0.25, 0.3) is 0 Å². The van der Waals surface area contributed by atoms with Crippen molar-refractivity contribution in [2.45, 2.75) is 44.8 Å². The summed E-state index contributed by atoms with van der Waals surface area (Å²) in [6, 6.07) is -1.65. The number of amides is 1. The van der Waals surface area contributed by atoms with Crippen LogP contribution in [0.15, 0.2) is 5.38 Å². The molecule has 2 heterocycles. The molecule has 0 radical (unpaired) electrons. The lowest BCUT2D eigenvalue weighted by Crippen LogP contribution is -2.57. The molecular formula is C16H25F3N4OS. The Morgan fingerprint density at radius 3 is 2.52 bits per heavy atom. The SMILES string of the molecule is CC(C)(C)c1nc(CC(=O)NCC(N2CCNCC2)C(F)(F)F)cs1. The van der Waals surface area contributed by atoms with Gasteiger partial charge in [-0.05, 0) is 0 Å². The van der Waals surface area contributed by atoms with Gasteiger partial charge in [0.05, 0.1) is 17.1 Å². The summed E-state index contributed by atoms with van der Waals surface area (Å²) in [5.74, 6) is -0.435. The molecular weight excluding hydrogens is 353 g/mol. The second-order valence-electron chi connectivity index (χ2n) is 7.22. The Hall–Kier alpha value is -1.19. The second kappa shape index (κ2) is 8.01. The van der Waals surface area contributed by atoms with E-state index in [2.05, 4.69) is 15.6 Å². The van der Waals surface area contributed by atoms with Crippen LogP contribution in [0.1, 0.15) is 31.5 Å². The highest BCUT2D eigenvalue weighted by Gasteiger charge is 2.43. The van der Waals surface area contributed by atoms with Gasteiger partial charge in [0.1, 0.15) is 6.04 Å². The molecule has 1 aliphatic heterocycles. The first kappa shape index (κ1) is 20.1. The average Bonchev–Trinajstić information content (AvgIpc) is 2.95. The lowest BCUT2D eigenvalue weighted by molar-refractivity contribution is -0.184. The van der Waals surface area contributed by atoms with Crippen LogP contribution in [0.5, 0.6) is 0 Å². The van der Waals surface area contributed by atoms with Gasteiger partial charge in [0, 0.05) is 43.5 Å². The molecule has 1 aliphatic rings. The van der Waals surface area contributed by atoms with E-state index >= 15 is 0 Å². The summed E-state index contributed by atoms with van der Waals surface area (Å²) in [5.41, 5.74) is 0.487. The highest BCUT2D eigenvalue weighted by Crippen LogP contribution is 2.26. The first-order valence-corrected chi connectivity index (χ1v) is 9.18. The molecule has 0 spiro atoms. The highest BCUT2D eigenvalue weighted by atomic mass is 32.1. The number of piperazine rings is 1. The van der Waals surface area contributed by atoms with Gasteiger partial charge in [-0.1, -0.05) is 20.8 Å². The van der Waals surface area contributed by atoms with Crippen LogP contribution in [-0.4, -0.2) is 60.7 Å². The zero-order valence-electron chi connectivity index (χ0n) is 14.7. The van der Waals surface area contributed by atoms with Crippen LogP contribution in [0, 0.1) is 0 Å². The first-order valence-electron chi connectivity index (χ1n) is 8.30. The summed E-state index contributed by atoms with van der Waals surface area (Å²) in [6.07, 6.45) is -4.37. The Kier molecular flexibility index (Phi) is 6.45. The average molecular weight is 378 g/mol. The fraction of sp³-hybridized carbons (Fsp3) is 0.750. The Morgan fingerprint density at radius 1 is 1.36 bits per heavy atom. The van der Waals surface area contributed by atoms with E-state index in [4.69, 9.17) is 0 Å². The first-order chi connectivity index (χ1) is 11.6. The lowest BCUT2D eigenvalue weighted by Gasteiger charge is -2.35. The van der Waals surface area contributed by atoms with Crippen molar-refractivity contribution in [2.24, 2.45) is 0 Å². The smallest absolute Gasteiger partial charge is 0.354 e. The molecule has 1 atom stereocenters. The maximum atomic E-state index is 13.3. The fourth-order valence-corrected chi connectivity index (χ4v) is 3.52. The van der Waals surface area contributed by atoms with Crippen molar-refractivity contribution in [2.75, 3.05) is 32.7 Å². The van der Waals surface area contributed by atoms with E-state index < -0.39 is 24.7 Å². The monoisotopic (exact) mass is 378 g/mol. The molecule has 9 heteroatoms. The molecule has 0 saturated carbocycles. The summed E-state index contributed by atoms with van der Waals surface area (Å²) >= 11 is 1.46. The highest BCUT2D eigenvalue weighted by molar-refractivity contribution is 7.09. The van der Waals surface area contributed by atoms with Crippen LogP contribution in [0.2, 0.25) is 0 Å². The molecule has 1 aromatic rings. The number of thiazole rings is 1. The number of rotatable bonds is 5. The molecule has 2 rings (SSSR count). The molecule has 2 N–H and O–H groups in total. The van der Waals surface area contributed by atoms with Crippen molar-refractivity contribution >= 4 is 17.2 Å². The molecule has 5 nitrogen and oxygen atoms in total. The molecule has 1 saturated heterocycles. The van der Waals surface area contributed by atoms with E-state index in [0.29, 0.717) is 31.9 Å². The van der Waals surface area contributed by atoms with Gasteiger partial charge in [-0.3, -0.25) is 9.69 Å². The topological polar surface area (TPSA) is 57.3 Å². The lowest BCUT2D eigenvalue weighted by atomic mass is 9.98.